The molecule has 2 rings (SSSR count). The van der Waals surface area contributed by atoms with Gasteiger partial charge in [-0.2, -0.15) is 11.3 Å². The van der Waals surface area contributed by atoms with Crippen LogP contribution in [0.1, 0.15) is 34.7 Å². The monoisotopic (exact) mass is 245 g/mol. The summed E-state index contributed by atoms with van der Waals surface area (Å²) >= 11 is 1.75. The molecule has 0 aliphatic heterocycles. The molecule has 1 aromatic heterocycles. The van der Waals surface area contributed by atoms with Crippen molar-refractivity contribution in [2.45, 2.75) is 32.7 Å². The zero-order chi connectivity index (χ0) is 12.3. The molecule has 0 bridgehead atoms. The summed E-state index contributed by atoms with van der Waals surface area (Å²) < 4.78 is 0. The average Bonchev–Trinajstić information content (AvgIpc) is 2.79. The number of aryl methyl sites for hydroxylation is 3. The van der Waals surface area contributed by atoms with Crippen molar-refractivity contribution in [3.05, 3.63) is 57.3 Å². The lowest BCUT2D eigenvalue weighted by Gasteiger charge is -2.17. The standard InChI is InChI=1S/C15H19NS/c1-11-4-3-5-12(2)15(11)14(16)7-6-13-8-9-17-10-13/h3-5,8-10,14H,6-7,16H2,1-2H3. The summed E-state index contributed by atoms with van der Waals surface area (Å²) in [6, 6.07) is 8.72. The Hall–Kier alpha value is -1.12. The van der Waals surface area contributed by atoms with E-state index in [-0.39, 0.29) is 6.04 Å². The molecule has 1 aromatic carbocycles. The Labute approximate surface area is 107 Å². The molecule has 2 aromatic rings. The van der Waals surface area contributed by atoms with Crippen LogP contribution in [-0.4, -0.2) is 0 Å². The van der Waals surface area contributed by atoms with E-state index in [0.29, 0.717) is 0 Å². The van der Waals surface area contributed by atoms with Crippen LogP contribution in [0.15, 0.2) is 35.0 Å². The quantitative estimate of drug-likeness (QED) is 0.865. The lowest BCUT2D eigenvalue weighted by Crippen LogP contribution is -2.14. The SMILES string of the molecule is Cc1cccc(C)c1C(N)CCc1ccsc1. The van der Waals surface area contributed by atoms with Gasteiger partial charge in [0.25, 0.3) is 0 Å². The Kier molecular flexibility index (Phi) is 3.97. The molecular formula is C15H19NS. The van der Waals surface area contributed by atoms with Crippen molar-refractivity contribution in [1.29, 1.82) is 0 Å². The minimum atomic E-state index is 0.149. The van der Waals surface area contributed by atoms with E-state index in [0.717, 1.165) is 12.8 Å². The maximum absolute atomic E-state index is 6.32. The molecule has 0 saturated carbocycles. The van der Waals surface area contributed by atoms with Crippen molar-refractivity contribution in [3.63, 3.8) is 0 Å². The van der Waals surface area contributed by atoms with Crippen LogP contribution in [0, 0.1) is 13.8 Å². The minimum Gasteiger partial charge on any atom is -0.324 e. The lowest BCUT2D eigenvalue weighted by molar-refractivity contribution is 0.645. The van der Waals surface area contributed by atoms with E-state index in [9.17, 15) is 0 Å². The van der Waals surface area contributed by atoms with Gasteiger partial charge in [0.2, 0.25) is 0 Å². The van der Waals surface area contributed by atoms with Crippen molar-refractivity contribution in [2.24, 2.45) is 5.73 Å². The summed E-state index contributed by atoms with van der Waals surface area (Å²) in [5.41, 5.74) is 11.7. The molecule has 1 nitrogen and oxygen atoms in total. The van der Waals surface area contributed by atoms with Gasteiger partial charge in [-0.25, -0.2) is 0 Å². The van der Waals surface area contributed by atoms with Crippen LogP contribution >= 0.6 is 11.3 Å². The maximum atomic E-state index is 6.32. The number of nitrogens with two attached hydrogens (primary N) is 1. The summed E-state index contributed by atoms with van der Waals surface area (Å²) in [6.45, 7) is 4.29. The van der Waals surface area contributed by atoms with Gasteiger partial charge in [-0.05, 0) is 65.8 Å². The molecule has 1 unspecified atom stereocenters. The van der Waals surface area contributed by atoms with Crippen LogP contribution in [0.25, 0.3) is 0 Å². The third-order valence-corrected chi connectivity index (χ3v) is 3.97. The predicted molar refractivity (Wildman–Crippen MR) is 75.5 cm³/mol. The number of hydrogen-bond acceptors (Lipinski definition) is 2. The number of benzene rings is 1. The van der Waals surface area contributed by atoms with Crippen LogP contribution in [0.2, 0.25) is 0 Å². The highest BCUT2D eigenvalue weighted by Gasteiger charge is 2.11. The zero-order valence-corrected chi connectivity index (χ0v) is 11.3. The van der Waals surface area contributed by atoms with Gasteiger partial charge in [-0.15, -0.1) is 0 Å². The Morgan fingerprint density at radius 2 is 1.88 bits per heavy atom. The highest BCUT2D eigenvalue weighted by atomic mass is 32.1. The second-order valence-electron chi connectivity index (χ2n) is 4.58. The minimum absolute atomic E-state index is 0.149. The van der Waals surface area contributed by atoms with Gasteiger partial charge in [-0.3, -0.25) is 0 Å². The summed E-state index contributed by atoms with van der Waals surface area (Å²) in [6.07, 6.45) is 2.08. The molecule has 1 atom stereocenters. The fraction of sp³-hybridized carbons (Fsp3) is 0.333. The van der Waals surface area contributed by atoms with Gasteiger partial charge in [0.1, 0.15) is 0 Å². The third-order valence-electron chi connectivity index (χ3n) is 3.24. The first-order valence-corrected chi connectivity index (χ1v) is 6.95. The second kappa shape index (κ2) is 5.48. The van der Waals surface area contributed by atoms with Gasteiger partial charge < -0.3 is 5.73 Å². The van der Waals surface area contributed by atoms with Crippen LogP contribution in [-0.2, 0) is 6.42 Å². The van der Waals surface area contributed by atoms with Crippen molar-refractivity contribution >= 4 is 11.3 Å². The average molecular weight is 245 g/mol. The highest BCUT2D eigenvalue weighted by molar-refractivity contribution is 7.07. The third kappa shape index (κ3) is 2.96. The first kappa shape index (κ1) is 12.3. The molecule has 0 fully saturated rings. The van der Waals surface area contributed by atoms with E-state index in [1.54, 1.807) is 11.3 Å². The van der Waals surface area contributed by atoms with Crippen LogP contribution in [0.4, 0.5) is 0 Å². The van der Waals surface area contributed by atoms with E-state index in [1.807, 2.05) is 0 Å². The van der Waals surface area contributed by atoms with Crippen LogP contribution in [0.5, 0.6) is 0 Å². The molecule has 0 saturated heterocycles. The van der Waals surface area contributed by atoms with Gasteiger partial charge in [-0.1, -0.05) is 18.2 Å². The van der Waals surface area contributed by atoms with Crippen molar-refractivity contribution in [2.75, 3.05) is 0 Å². The Balaban J connectivity index is 2.07. The molecule has 2 heteroatoms. The molecular weight excluding hydrogens is 226 g/mol. The summed E-state index contributed by atoms with van der Waals surface area (Å²) in [5, 5.41) is 4.33. The topological polar surface area (TPSA) is 26.0 Å². The largest absolute Gasteiger partial charge is 0.324 e. The zero-order valence-electron chi connectivity index (χ0n) is 10.4. The fourth-order valence-electron chi connectivity index (χ4n) is 2.31. The van der Waals surface area contributed by atoms with Crippen LogP contribution in [0.3, 0.4) is 0 Å². The van der Waals surface area contributed by atoms with Gasteiger partial charge >= 0.3 is 0 Å². The van der Waals surface area contributed by atoms with E-state index in [4.69, 9.17) is 5.73 Å². The van der Waals surface area contributed by atoms with Crippen molar-refractivity contribution < 1.29 is 0 Å². The summed E-state index contributed by atoms with van der Waals surface area (Å²) in [7, 11) is 0. The van der Waals surface area contributed by atoms with Gasteiger partial charge in [0, 0.05) is 6.04 Å². The van der Waals surface area contributed by atoms with Crippen molar-refractivity contribution in [3.8, 4) is 0 Å². The van der Waals surface area contributed by atoms with E-state index < -0.39 is 0 Å². The molecule has 90 valence electrons. The lowest BCUT2D eigenvalue weighted by atomic mass is 9.93. The number of hydrogen-bond donors (Lipinski definition) is 1. The molecule has 0 radical (unpaired) electrons. The van der Waals surface area contributed by atoms with Gasteiger partial charge in [0.05, 0.1) is 0 Å². The van der Waals surface area contributed by atoms with E-state index in [2.05, 4.69) is 48.9 Å². The van der Waals surface area contributed by atoms with Gasteiger partial charge in [0.15, 0.2) is 0 Å². The Bertz CT molecular complexity index is 453. The smallest absolute Gasteiger partial charge is 0.0303 e. The molecule has 0 spiro atoms. The first-order chi connectivity index (χ1) is 8.18. The molecule has 0 amide bonds. The molecule has 17 heavy (non-hydrogen) atoms. The maximum Gasteiger partial charge on any atom is 0.0303 e. The number of rotatable bonds is 4. The van der Waals surface area contributed by atoms with E-state index >= 15 is 0 Å². The summed E-state index contributed by atoms with van der Waals surface area (Å²) in [4.78, 5) is 0. The van der Waals surface area contributed by atoms with Crippen molar-refractivity contribution in [1.82, 2.24) is 0 Å². The molecule has 2 N–H and O–H groups in total. The van der Waals surface area contributed by atoms with Crippen LogP contribution < -0.4 is 5.73 Å². The van der Waals surface area contributed by atoms with E-state index in [1.165, 1.54) is 22.3 Å². The molecule has 0 aliphatic carbocycles. The molecule has 1 heterocycles. The second-order valence-corrected chi connectivity index (χ2v) is 5.36. The highest BCUT2D eigenvalue weighted by Crippen LogP contribution is 2.24. The first-order valence-electron chi connectivity index (χ1n) is 6.01. The normalized spacial score (nSPS) is 12.6. The molecule has 0 aliphatic rings. The Morgan fingerprint density at radius 1 is 1.18 bits per heavy atom. The predicted octanol–water partition coefficient (Wildman–Crippen LogP) is 4.00. The fourth-order valence-corrected chi connectivity index (χ4v) is 3.02. The summed E-state index contributed by atoms with van der Waals surface area (Å²) in [5.74, 6) is 0. The Morgan fingerprint density at radius 3 is 2.47 bits per heavy atom. The number of thiophene rings is 1.